The molecule has 0 N–H and O–H groups in total. The van der Waals surface area contributed by atoms with E-state index in [-0.39, 0.29) is 36.2 Å². The number of alkyl halides is 3. The molecule has 4 rings (SSSR count). The van der Waals surface area contributed by atoms with Gasteiger partial charge in [0, 0.05) is 18.7 Å². The van der Waals surface area contributed by atoms with Gasteiger partial charge in [-0.05, 0) is 23.8 Å². The van der Waals surface area contributed by atoms with Crippen molar-refractivity contribution in [3.05, 3.63) is 58.2 Å². The number of rotatable bonds is 4. The molecule has 1 aromatic carbocycles. The second-order valence-electron chi connectivity index (χ2n) is 7.46. The van der Waals surface area contributed by atoms with Crippen LogP contribution in [0.1, 0.15) is 11.1 Å². The minimum atomic E-state index is -4.86. The van der Waals surface area contributed by atoms with Gasteiger partial charge >= 0.3 is 6.18 Å². The number of halogens is 6. The third-order valence-corrected chi connectivity index (χ3v) is 5.52. The molecule has 2 aliphatic heterocycles. The van der Waals surface area contributed by atoms with E-state index >= 15 is 0 Å². The molecule has 0 bridgehead atoms. The molecule has 32 heavy (non-hydrogen) atoms. The number of aromatic nitrogens is 1. The predicted octanol–water partition coefficient (Wildman–Crippen LogP) is 3.42. The average Bonchev–Trinajstić information content (AvgIpc) is 2.65. The summed E-state index contributed by atoms with van der Waals surface area (Å²) in [4.78, 5) is 32.0. The van der Waals surface area contributed by atoms with Crippen LogP contribution in [0.15, 0.2) is 30.5 Å². The lowest BCUT2D eigenvalue weighted by atomic mass is 9.92. The van der Waals surface area contributed by atoms with Crippen molar-refractivity contribution in [3.8, 4) is 0 Å². The van der Waals surface area contributed by atoms with E-state index < -0.39 is 53.7 Å². The first-order valence-electron chi connectivity index (χ1n) is 9.41. The van der Waals surface area contributed by atoms with Gasteiger partial charge in [-0.15, -0.1) is 0 Å². The maximum absolute atomic E-state index is 14.4. The Kier molecular flexibility index (Phi) is 5.80. The lowest BCUT2D eigenvalue weighted by molar-refractivity contribution is -0.155. The number of carbonyl (C=O) groups is 2. The molecule has 1 aromatic heterocycles. The van der Waals surface area contributed by atoms with Crippen molar-refractivity contribution in [1.82, 2.24) is 9.88 Å². The molecule has 3 heterocycles. The number of hydrogen-bond donors (Lipinski definition) is 0. The summed E-state index contributed by atoms with van der Waals surface area (Å²) in [5.41, 5.74) is -1.35. The van der Waals surface area contributed by atoms with Crippen molar-refractivity contribution in [1.29, 1.82) is 0 Å². The summed E-state index contributed by atoms with van der Waals surface area (Å²) in [5.74, 6) is -4.37. The van der Waals surface area contributed by atoms with Crippen LogP contribution in [0.5, 0.6) is 0 Å². The van der Waals surface area contributed by atoms with Crippen LogP contribution in [0.3, 0.4) is 0 Å². The van der Waals surface area contributed by atoms with Gasteiger partial charge in [-0.25, -0.2) is 13.8 Å². The van der Waals surface area contributed by atoms with Gasteiger partial charge in [-0.2, -0.15) is 13.2 Å². The molecule has 2 fully saturated rings. The number of benzene rings is 1. The number of pyridine rings is 1. The van der Waals surface area contributed by atoms with Gasteiger partial charge in [0.1, 0.15) is 18.4 Å². The fraction of sp³-hybridized carbons (Fsp3) is 0.350. The number of carbonyl (C=O) groups excluding carboxylic acids is 2. The molecule has 2 amide bonds. The Bertz CT molecular complexity index is 1080. The van der Waals surface area contributed by atoms with Crippen LogP contribution in [-0.2, 0) is 27.0 Å². The van der Waals surface area contributed by atoms with Gasteiger partial charge in [-0.1, -0.05) is 17.7 Å². The third-order valence-electron chi connectivity index (χ3n) is 5.31. The standard InChI is InChI=1S/C20H15ClF5N3O3/c21-12-4-15(23)18(27-5-12)29-7-16(30)28(17(19(29)31)11-8-32-9-11)6-10-1-2-13(14(22)3-10)20(24,25)26/h1-5,11,17H,6-9H2/t17-/m0/s1. The first-order valence-corrected chi connectivity index (χ1v) is 9.79. The molecular formula is C20H15ClF5N3O3. The Morgan fingerprint density at radius 1 is 1.12 bits per heavy atom. The van der Waals surface area contributed by atoms with E-state index in [1.807, 2.05) is 0 Å². The van der Waals surface area contributed by atoms with Crippen molar-refractivity contribution in [2.24, 2.45) is 5.92 Å². The highest BCUT2D eigenvalue weighted by molar-refractivity contribution is 6.30. The minimum absolute atomic E-state index is 0.0111. The highest BCUT2D eigenvalue weighted by atomic mass is 35.5. The smallest absolute Gasteiger partial charge is 0.380 e. The summed E-state index contributed by atoms with van der Waals surface area (Å²) < 4.78 is 71.9. The van der Waals surface area contributed by atoms with Gasteiger partial charge < -0.3 is 9.64 Å². The summed E-state index contributed by atoms with van der Waals surface area (Å²) in [6.45, 7) is -0.527. The summed E-state index contributed by atoms with van der Waals surface area (Å²) in [5, 5.41) is 0.0111. The van der Waals surface area contributed by atoms with E-state index in [1.165, 1.54) is 0 Å². The molecule has 170 valence electrons. The van der Waals surface area contributed by atoms with Crippen LogP contribution in [0.4, 0.5) is 27.8 Å². The fourth-order valence-electron chi connectivity index (χ4n) is 3.70. The summed E-state index contributed by atoms with van der Waals surface area (Å²) in [6.07, 6.45) is -3.72. The van der Waals surface area contributed by atoms with E-state index in [4.69, 9.17) is 16.3 Å². The largest absolute Gasteiger partial charge is 0.419 e. The molecule has 2 aliphatic rings. The van der Waals surface area contributed by atoms with Gasteiger partial charge in [0.05, 0.1) is 23.8 Å². The van der Waals surface area contributed by atoms with E-state index in [0.717, 1.165) is 28.1 Å². The fourth-order valence-corrected chi connectivity index (χ4v) is 3.84. The molecule has 0 aliphatic carbocycles. The van der Waals surface area contributed by atoms with E-state index in [9.17, 15) is 31.5 Å². The first-order chi connectivity index (χ1) is 15.1. The molecule has 2 aromatic rings. The molecule has 2 saturated heterocycles. The van der Waals surface area contributed by atoms with Crippen LogP contribution in [0.2, 0.25) is 5.02 Å². The number of amides is 2. The van der Waals surface area contributed by atoms with Crippen LogP contribution in [0.25, 0.3) is 0 Å². The number of nitrogens with zero attached hydrogens (tertiary/aromatic N) is 3. The van der Waals surface area contributed by atoms with Crippen LogP contribution in [-0.4, -0.2) is 47.5 Å². The first kappa shape index (κ1) is 22.4. The Morgan fingerprint density at radius 2 is 1.84 bits per heavy atom. The van der Waals surface area contributed by atoms with Crippen molar-refractivity contribution in [2.45, 2.75) is 18.8 Å². The number of piperazine rings is 1. The second-order valence-corrected chi connectivity index (χ2v) is 7.90. The number of ether oxygens (including phenoxy) is 1. The lowest BCUT2D eigenvalue weighted by Gasteiger charge is -2.45. The van der Waals surface area contributed by atoms with Crippen molar-refractivity contribution >= 4 is 29.2 Å². The summed E-state index contributed by atoms with van der Waals surface area (Å²) >= 11 is 5.70. The van der Waals surface area contributed by atoms with Crippen LogP contribution >= 0.6 is 11.6 Å². The van der Waals surface area contributed by atoms with E-state index in [2.05, 4.69) is 4.98 Å². The monoisotopic (exact) mass is 475 g/mol. The number of hydrogen-bond acceptors (Lipinski definition) is 4. The zero-order valence-corrected chi connectivity index (χ0v) is 17.0. The zero-order chi connectivity index (χ0) is 23.2. The van der Waals surface area contributed by atoms with Crippen LogP contribution < -0.4 is 4.90 Å². The molecule has 0 saturated carbocycles. The van der Waals surface area contributed by atoms with Crippen molar-refractivity contribution in [3.63, 3.8) is 0 Å². The molecule has 6 nitrogen and oxygen atoms in total. The van der Waals surface area contributed by atoms with Crippen LogP contribution in [0, 0.1) is 17.6 Å². The normalized spacial score (nSPS) is 20.0. The Balaban J connectivity index is 1.64. The molecule has 1 atom stereocenters. The zero-order valence-electron chi connectivity index (χ0n) is 16.2. The van der Waals surface area contributed by atoms with Gasteiger partial charge in [-0.3, -0.25) is 14.5 Å². The van der Waals surface area contributed by atoms with Crippen molar-refractivity contribution in [2.75, 3.05) is 24.7 Å². The second kappa shape index (κ2) is 8.28. The molecule has 0 unspecified atom stereocenters. The SMILES string of the molecule is O=C1[C@H](C2COC2)N(Cc2ccc(C(F)(F)F)c(F)c2)C(=O)CN1c1ncc(Cl)cc1F. The topological polar surface area (TPSA) is 62.7 Å². The Labute approximate surface area is 183 Å². The third kappa shape index (κ3) is 4.14. The molecule has 12 heteroatoms. The summed E-state index contributed by atoms with van der Waals surface area (Å²) in [6, 6.07) is 2.20. The summed E-state index contributed by atoms with van der Waals surface area (Å²) in [7, 11) is 0. The van der Waals surface area contributed by atoms with Crippen molar-refractivity contribution < 1.29 is 36.3 Å². The Hall–Kier alpha value is -2.79. The van der Waals surface area contributed by atoms with E-state index in [0.29, 0.717) is 12.1 Å². The maximum atomic E-state index is 14.4. The molecule has 0 spiro atoms. The molecular weight excluding hydrogens is 461 g/mol. The molecule has 0 radical (unpaired) electrons. The Morgan fingerprint density at radius 3 is 2.41 bits per heavy atom. The van der Waals surface area contributed by atoms with Gasteiger partial charge in [0.25, 0.3) is 5.91 Å². The average molecular weight is 476 g/mol. The van der Waals surface area contributed by atoms with Gasteiger partial charge in [0.15, 0.2) is 11.6 Å². The minimum Gasteiger partial charge on any atom is -0.380 e. The van der Waals surface area contributed by atoms with E-state index in [1.54, 1.807) is 0 Å². The highest BCUT2D eigenvalue weighted by Gasteiger charge is 2.47. The quantitative estimate of drug-likeness (QED) is 0.636. The maximum Gasteiger partial charge on any atom is 0.419 e. The highest BCUT2D eigenvalue weighted by Crippen LogP contribution is 2.33. The lowest BCUT2D eigenvalue weighted by Crippen LogP contribution is -2.65. The number of anilines is 1. The van der Waals surface area contributed by atoms with Gasteiger partial charge in [0.2, 0.25) is 5.91 Å². The predicted molar refractivity (Wildman–Crippen MR) is 102 cm³/mol.